The van der Waals surface area contributed by atoms with Crippen molar-refractivity contribution in [3.8, 4) is 5.75 Å². The van der Waals surface area contributed by atoms with Crippen molar-refractivity contribution in [1.29, 1.82) is 0 Å². The summed E-state index contributed by atoms with van der Waals surface area (Å²) in [6.07, 6.45) is 4.60. The second-order valence-electron chi connectivity index (χ2n) is 9.08. The van der Waals surface area contributed by atoms with E-state index in [4.69, 9.17) is 20.8 Å². The number of halogens is 2. The van der Waals surface area contributed by atoms with Crippen LogP contribution in [0.2, 0.25) is 5.02 Å². The molecule has 14 heteroatoms. The SMILES string of the molecule is O=C(COc1ccc(Br)cc1/C=C1\S/C(=N\N=C\c2ccc([N+](=O)[O-])cc2)N(Cc2ccco2)C1=O)Nc1ccc(Cl)cc1. The maximum absolute atomic E-state index is 13.5. The maximum atomic E-state index is 13.5. The zero-order valence-corrected chi connectivity index (χ0v) is 25.7. The molecule has 1 fully saturated rings. The van der Waals surface area contributed by atoms with Gasteiger partial charge in [-0.25, -0.2) is 0 Å². The van der Waals surface area contributed by atoms with Crippen LogP contribution >= 0.6 is 39.3 Å². The van der Waals surface area contributed by atoms with Gasteiger partial charge in [0.1, 0.15) is 11.5 Å². The van der Waals surface area contributed by atoms with E-state index in [1.807, 2.05) is 0 Å². The molecule has 1 aromatic heterocycles. The molecule has 0 atom stereocenters. The molecule has 1 N–H and O–H groups in total. The summed E-state index contributed by atoms with van der Waals surface area (Å²) in [6, 6.07) is 21.2. The standard InChI is InChI=1S/C30H21BrClN5O6S/c31-21-5-12-26(43-18-28(38)34-23-8-6-22(32)7-9-23)20(14-21)15-27-29(39)36(17-25-2-1-13-42-25)30(44-27)35-33-16-19-3-10-24(11-4-19)37(40)41/h1-16H,17-18H2,(H,34,38)/b27-15-,33-16+,35-30-. The number of furan rings is 1. The molecule has 1 aliphatic rings. The van der Waals surface area contributed by atoms with Gasteiger partial charge in [-0.05, 0) is 90.1 Å². The first kappa shape index (κ1) is 30.7. The molecule has 3 aromatic carbocycles. The molecular weight excluding hydrogens is 674 g/mol. The van der Waals surface area contributed by atoms with Gasteiger partial charge in [-0.3, -0.25) is 24.6 Å². The van der Waals surface area contributed by atoms with Gasteiger partial charge in [-0.2, -0.15) is 5.10 Å². The summed E-state index contributed by atoms with van der Waals surface area (Å²) in [4.78, 5) is 38.2. The molecule has 1 saturated heterocycles. The van der Waals surface area contributed by atoms with Gasteiger partial charge in [0.2, 0.25) is 0 Å². The summed E-state index contributed by atoms with van der Waals surface area (Å²) in [6.45, 7) is -0.148. The van der Waals surface area contributed by atoms with Gasteiger partial charge < -0.3 is 14.5 Å². The molecular formula is C30H21BrClN5O6S. The molecule has 44 heavy (non-hydrogen) atoms. The first-order valence-corrected chi connectivity index (χ1v) is 14.8. The van der Waals surface area contributed by atoms with Crippen molar-refractivity contribution in [2.24, 2.45) is 10.2 Å². The summed E-state index contributed by atoms with van der Waals surface area (Å²) < 4.78 is 12.0. The molecule has 2 heterocycles. The lowest BCUT2D eigenvalue weighted by Crippen LogP contribution is -2.28. The Morgan fingerprint density at radius 2 is 1.91 bits per heavy atom. The van der Waals surface area contributed by atoms with Crippen LogP contribution < -0.4 is 10.1 Å². The molecule has 4 aromatic rings. The van der Waals surface area contributed by atoms with Crippen molar-refractivity contribution >= 4 is 79.9 Å². The van der Waals surface area contributed by atoms with Gasteiger partial charge in [0.25, 0.3) is 17.5 Å². The van der Waals surface area contributed by atoms with Crippen LogP contribution in [0.3, 0.4) is 0 Å². The lowest BCUT2D eigenvalue weighted by Gasteiger charge is -2.13. The zero-order valence-electron chi connectivity index (χ0n) is 22.6. The highest BCUT2D eigenvalue weighted by Gasteiger charge is 2.34. The Hall–Kier alpha value is -4.72. The minimum Gasteiger partial charge on any atom is -0.483 e. The smallest absolute Gasteiger partial charge is 0.269 e. The molecule has 0 spiro atoms. The van der Waals surface area contributed by atoms with E-state index in [1.54, 1.807) is 72.8 Å². The second kappa shape index (κ2) is 14.2. The number of amidine groups is 1. The molecule has 222 valence electrons. The Morgan fingerprint density at radius 1 is 1.14 bits per heavy atom. The number of ether oxygens (including phenoxy) is 1. The minimum atomic E-state index is -0.486. The summed E-state index contributed by atoms with van der Waals surface area (Å²) in [7, 11) is 0. The number of hydrogen-bond acceptors (Lipinski definition) is 9. The number of carbonyl (C=O) groups is 2. The third kappa shape index (κ3) is 8.01. The summed E-state index contributed by atoms with van der Waals surface area (Å²) >= 11 is 10.5. The van der Waals surface area contributed by atoms with Gasteiger partial charge in [0, 0.05) is 32.9 Å². The zero-order chi connectivity index (χ0) is 31.1. The topological polar surface area (TPSA) is 140 Å². The lowest BCUT2D eigenvalue weighted by molar-refractivity contribution is -0.384. The number of thioether (sulfide) groups is 1. The molecule has 0 bridgehead atoms. The molecule has 0 radical (unpaired) electrons. The van der Waals surface area contributed by atoms with Crippen LogP contribution in [0.1, 0.15) is 16.9 Å². The second-order valence-corrected chi connectivity index (χ2v) is 11.4. The molecule has 2 amide bonds. The number of nitro benzene ring substituents is 1. The number of amides is 2. The van der Waals surface area contributed by atoms with E-state index in [0.29, 0.717) is 43.4 Å². The van der Waals surface area contributed by atoms with E-state index < -0.39 is 4.92 Å². The summed E-state index contributed by atoms with van der Waals surface area (Å²) in [5.41, 5.74) is 1.69. The molecule has 1 aliphatic heterocycles. The Balaban J connectivity index is 1.36. The first-order valence-electron chi connectivity index (χ1n) is 12.8. The predicted molar refractivity (Wildman–Crippen MR) is 173 cm³/mol. The Labute approximate surface area is 268 Å². The van der Waals surface area contributed by atoms with Crippen molar-refractivity contribution in [2.45, 2.75) is 6.54 Å². The van der Waals surface area contributed by atoms with E-state index in [-0.39, 0.29) is 30.7 Å². The van der Waals surface area contributed by atoms with Crippen molar-refractivity contribution in [1.82, 2.24) is 4.90 Å². The van der Waals surface area contributed by atoms with Crippen LogP contribution in [0.5, 0.6) is 5.75 Å². The number of nitro groups is 1. The first-order chi connectivity index (χ1) is 21.2. The average Bonchev–Trinajstić information content (AvgIpc) is 3.62. The van der Waals surface area contributed by atoms with Gasteiger partial charge in [0.15, 0.2) is 11.8 Å². The van der Waals surface area contributed by atoms with Crippen LogP contribution in [0.25, 0.3) is 6.08 Å². The predicted octanol–water partition coefficient (Wildman–Crippen LogP) is 7.13. The van der Waals surface area contributed by atoms with Gasteiger partial charge in [-0.15, -0.1) is 5.10 Å². The molecule has 0 unspecified atom stereocenters. The van der Waals surface area contributed by atoms with Crippen LogP contribution in [-0.4, -0.2) is 39.6 Å². The van der Waals surface area contributed by atoms with Crippen molar-refractivity contribution in [2.75, 3.05) is 11.9 Å². The Kier molecular flexibility index (Phi) is 9.89. The Morgan fingerprint density at radius 3 is 2.61 bits per heavy atom. The van der Waals surface area contributed by atoms with E-state index in [0.717, 1.165) is 16.2 Å². The summed E-state index contributed by atoms with van der Waals surface area (Å²) in [5, 5.41) is 22.9. The lowest BCUT2D eigenvalue weighted by atomic mass is 10.2. The van der Waals surface area contributed by atoms with Gasteiger partial charge in [-0.1, -0.05) is 27.5 Å². The summed E-state index contributed by atoms with van der Waals surface area (Å²) in [5.74, 6) is 0.233. The largest absolute Gasteiger partial charge is 0.483 e. The molecule has 0 saturated carbocycles. The monoisotopic (exact) mass is 693 g/mol. The Bertz CT molecular complexity index is 1780. The number of carbonyl (C=O) groups excluding carboxylic acids is 2. The highest BCUT2D eigenvalue weighted by molar-refractivity contribution is 9.10. The number of benzene rings is 3. The number of nitrogens with zero attached hydrogens (tertiary/aromatic N) is 4. The van der Waals surface area contributed by atoms with Gasteiger partial charge >= 0.3 is 0 Å². The average molecular weight is 695 g/mol. The fourth-order valence-electron chi connectivity index (χ4n) is 3.89. The molecule has 11 nitrogen and oxygen atoms in total. The van der Waals surface area contributed by atoms with Crippen LogP contribution in [0.4, 0.5) is 11.4 Å². The highest BCUT2D eigenvalue weighted by Crippen LogP contribution is 2.36. The minimum absolute atomic E-state index is 0.0390. The van der Waals surface area contributed by atoms with E-state index >= 15 is 0 Å². The van der Waals surface area contributed by atoms with E-state index in [9.17, 15) is 19.7 Å². The van der Waals surface area contributed by atoms with E-state index in [2.05, 4.69) is 31.4 Å². The third-order valence-corrected chi connectivity index (χ3v) is 7.72. The molecule has 5 rings (SSSR count). The number of nitrogens with one attached hydrogen (secondary N) is 1. The third-order valence-electron chi connectivity index (χ3n) is 5.98. The van der Waals surface area contributed by atoms with Gasteiger partial charge in [0.05, 0.1) is 28.9 Å². The van der Waals surface area contributed by atoms with Crippen molar-refractivity contribution in [3.05, 3.63) is 127 Å². The van der Waals surface area contributed by atoms with Crippen LogP contribution in [-0.2, 0) is 16.1 Å². The normalized spacial score (nSPS) is 15.0. The number of anilines is 1. The van der Waals surface area contributed by atoms with Crippen LogP contribution in [0.15, 0.2) is 109 Å². The van der Waals surface area contributed by atoms with Crippen LogP contribution in [0, 0.1) is 10.1 Å². The van der Waals surface area contributed by atoms with E-state index in [1.165, 1.54) is 29.5 Å². The maximum Gasteiger partial charge on any atom is 0.269 e. The highest BCUT2D eigenvalue weighted by atomic mass is 79.9. The van der Waals surface area contributed by atoms with Crippen molar-refractivity contribution in [3.63, 3.8) is 0 Å². The van der Waals surface area contributed by atoms with Crippen molar-refractivity contribution < 1.29 is 23.7 Å². The quantitative estimate of drug-likeness (QED) is 0.0806. The molecule has 0 aliphatic carbocycles. The number of non-ortho nitro benzene ring substituents is 1. The number of hydrogen-bond donors (Lipinski definition) is 1. The fraction of sp³-hybridized carbons (Fsp3) is 0.0667. The number of rotatable bonds is 10. The fourth-order valence-corrected chi connectivity index (χ4v) is 5.32.